The van der Waals surface area contributed by atoms with Gasteiger partial charge in [-0.3, -0.25) is 4.79 Å². The summed E-state index contributed by atoms with van der Waals surface area (Å²) in [5.41, 5.74) is -0.262. The monoisotopic (exact) mass is 275 g/mol. The zero-order valence-electron chi connectivity index (χ0n) is 11.6. The van der Waals surface area contributed by atoms with Crippen molar-refractivity contribution in [3.05, 3.63) is 47.8 Å². The lowest BCUT2D eigenvalue weighted by Crippen LogP contribution is -2.48. The number of amides is 1. The van der Waals surface area contributed by atoms with Crippen molar-refractivity contribution in [3.8, 4) is 0 Å². The van der Waals surface area contributed by atoms with Crippen molar-refractivity contribution in [1.82, 2.24) is 5.32 Å². The van der Waals surface area contributed by atoms with E-state index >= 15 is 0 Å². The highest BCUT2D eigenvalue weighted by Crippen LogP contribution is 2.22. The molecule has 20 heavy (non-hydrogen) atoms. The predicted molar refractivity (Wildman–Crippen MR) is 77.2 cm³/mol. The second-order valence-electron chi connectivity index (χ2n) is 5.17. The third-order valence-corrected chi connectivity index (χ3v) is 3.66. The summed E-state index contributed by atoms with van der Waals surface area (Å²) in [6, 6.07) is 9.63. The lowest BCUT2D eigenvalue weighted by molar-refractivity contribution is 0.0849. The third kappa shape index (κ3) is 2.65. The van der Waals surface area contributed by atoms with Crippen molar-refractivity contribution in [2.75, 3.05) is 6.61 Å². The zero-order valence-corrected chi connectivity index (χ0v) is 11.6. The SMILES string of the molecule is CCC(C)(CO)NC(=O)c1ccc(F)c2ccccc12. The fraction of sp³-hybridized carbons (Fsp3) is 0.312. The molecular weight excluding hydrogens is 257 g/mol. The van der Waals surface area contributed by atoms with Crippen LogP contribution in [0.25, 0.3) is 10.8 Å². The zero-order chi connectivity index (χ0) is 14.8. The lowest BCUT2D eigenvalue weighted by Gasteiger charge is -2.27. The molecule has 0 aliphatic heterocycles. The standard InChI is InChI=1S/C16H18FNO2/c1-3-16(2,10-19)18-15(20)13-8-9-14(17)12-7-5-4-6-11(12)13/h4-9,19H,3,10H2,1-2H3,(H,18,20). The summed E-state index contributed by atoms with van der Waals surface area (Å²) < 4.78 is 13.7. The molecule has 0 aromatic heterocycles. The first-order valence-corrected chi connectivity index (χ1v) is 6.61. The number of fused-ring (bicyclic) bond motifs is 1. The molecule has 0 heterocycles. The molecule has 0 saturated heterocycles. The van der Waals surface area contributed by atoms with Crippen molar-refractivity contribution in [3.63, 3.8) is 0 Å². The Morgan fingerprint density at radius 3 is 2.50 bits per heavy atom. The van der Waals surface area contributed by atoms with Gasteiger partial charge in [0, 0.05) is 10.9 Å². The van der Waals surface area contributed by atoms with Crippen molar-refractivity contribution in [1.29, 1.82) is 0 Å². The Bertz CT molecular complexity index is 635. The molecule has 1 amide bonds. The van der Waals surface area contributed by atoms with E-state index in [0.29, 0.717) is 22.8 Å². The molecule has 2 rings (SSSR count). The average molecular weight is 275 g/mol. The van der Waals surface area contributed by atoms with Gasteiger partial charge >= 0.3 is 0 Å². The molecule has 2 aromatic rings. The highest BCUT2D eigenvalue weighted by atomic mass is 19.1. The first kappa shape index (κ1) is 14.5. The Hall–Kier alpha value is -1.94. The number of aliphatic hydroxyl groups is 1. The molecule has 0 radical (unpaired) electrons. The van der Waals surface area contributed by atoms with E-state index in [1.807, 2.05) is 6.92 Å². The largest absolute Gasteiger partial charge is 0.394 e. The van der Waals surface area contributed by atoms with Gasteiger partial charge in [0.1, 0.15) is 5.82 Å². The van der Waals surface area contributed by atoms with Gasteiger partial charge in [-0.15, -0.1) is 0 Å². The van der Waals surface area contributed by atoms with Gasteiger partial charge < -0.3 is 10.4 Å². The quantitative estimate of drug-likeness (QED) is 0.901. The summed E-state index contributed by atoms with van der Waals surface area (Å²) >= 11 is 0. The van der Waals surface area contributed by atoms with Gasteiger partial charge in [0.05, 0.1) is 12.1 Å². The van der Waals surface area contributed by atoms with E-state index in [9.17, 15) is 14.3 Å². The van der Waals surface area contributed by atoms with Crippen molar-refractivity contribution < 1.29 is 14.3 Å². The number of benzene rings is 2. The van der Waals surface area contributed by atoms with Crippen LogP contribution >= 0.6 is 0 Å². The molecule has 0 bridgehead atoms. The summed E-state index contributed by atoms with van der Waals surface area (Å²) in [6.07, 6.45) is 0.606. The van der Waals surface area contributed by atoms with E-state index in [-0.39, 0.29) is 18.3 Å². The molecule has 0 fully saturated rings. The maximum atomic E-state index is 13.7. The summed E-state index contributed by atoms with van der Waals surface area (Å²) in [5.74, 6) is -0.655. The number of nitrogens with one attached hydrogen (secondary N) is 1. The van der Waals surface area contributed by atoms with E-state index in [0.717, 1.165) is 0 Å². The minimum atomic E-state index is -0.674. The maximum absolute atomic E-state index is 13.7. The average Bonchev–Trinajstić information content (AvgIpc) is 2.47. The smallest absolute Gasteiger partial charge is 0.252 e. The molecule has 2 N–H and O–H groups in total. The van der Waals surface area contributed by atoms with Crippen LogP contribution in [0.4, 0.5) is 4.39 Å². The van der Waals surface area contributed by atoms with Gasteiger partial charge in [-0.2, -0.15) is 0 Å². The number of carbonyl (C=O) groups excluding carboxylic acids is 1. The Morgan fingerprint density at radius 1 is 1.25 bits per heavy atom. The van der Waals surface area contributed by atoms with Crippen LogP contribution in [0.15, 0.2) is 36.4 Å². The van der Waals surface area contributed by atoms with Crippen LogP contribution < -0.4 is 5.32 Å². The van der Waals surface area contributed by atoms with E-state index in [1.165, 1.54) is 12.1 Å². The van der Waals surface area contributed by atoms with Crippen molar-refractivity contribution in [2.45, 2.75) is 25.8 Å². The highest BCUT2D eigenvalue weighted by molar-refractivity contribution is 6.07. The molecule has 1 unspecified atom stereocenters. The van der Waals surface area contributed by atoms with E-state index < -0.39 is 5.54 Å². The molecule has 4 heteroatoms. The van der Waals surface area contributed by atoms with Gasteiger partial charge in [-0.05, 0) is 30.9 Å². The van der Waals surface area contributed by atoms with Crippen LogP contribution in [-0.2, 0) is 0 Å². The Labute approximate surface area is 117 Å². The topological polar surface area (TPSA) is 49.3 Å². The number of aliphatic hydroxyl groups excluding tert-OH is 1. The van der Waals surface area contributed by atoms with Crippen LogP contribution in [0.1, 0.15) is 30.6 Å². The normalized spacial score (nSPS) is 14.0. The summed E-state index contributed by atoms with van der Waals surface area (Å²) in [6.45, 7) is 3.52. The fourth-order valence-corrected chi connectivity index (χ4v) is 2.04. The second kappa shape index (κ2) is 5.59. The first-order chi connectivity index (χ1) is 9.50. The predicted octanol–water partition coefficient (Wildman–Crippen LogP) is 2.87. The molecule has 106 valence electrons. The van der Waals surface area contributed by atoms with E-state index in [4.69, 9.17) is 0 Å². The maximum Gasteiger partial charge on any atom is 0.252 e. The summed E-state index contributed by atoms with van der Waals surface area (Å²) in [5, 5.41) is 13.2. The lowest BCUT2D eigenvalue weighted by atomic mass is 9.98. The minimum absolute atomic E-state index is 0.144. The fourth-order valence-electron chi connectivity index (χ4n) is 2.04. The molecule has 3 nitrogen and oxygen atoms in total. The van der Waals surface area contributed by atoms with Gasteiger partial charge in [-0.1, -0.05) is 31.2 Å². The van der Waals surface area contributed by atoms with Gasteiger partial charge in [0.25, 0.3) is 5.91 Å². The Kier molecular flexibility index (Phi) is 4.04. The molecular formula is C16H18FNO2. The molecule has 1 atom stereocenters. The number of halogens is 1. The molecule has 0 spiro atoms. The van der Waals surface area contributed by atoms with E-state index in [2.05, 4.69) is 5.32 Å². The molecule has 0 aliphatic carbocycles. The molecule has 0 saturated carbocycles. The van der Waals surface area contributed by atoms with E-state index in [1.54, 1.807) is 31.2 Å². The molecule has 2 aromatic carbocycles. The number of hydrogen-bond donors (Lipinski definition) is 2. The second-order valence-corrected chi connectivity index (χ2v) is 5.17. The number of hydrogen-bond acceptors (Lipinski definition) is 2. The Balaban J connectivity index is 2.43. The van der Waals surface area contributed by atoms with Gasteiger partial charge in [-0.25, -0.2) is 4.39 Å². The summed E-state index contributed by atoms with van der Waals surface area (Å²) in [4.78, 5) is 12.4. The van der Waals surface area contributed by atoms with Gasteiger partial charge in [0.2, 0.25) is 0 Å². The van der Waals surface area contributed by atoms with Crippen LogP contribution in [0, 0.1) is 5.82 Å². The Morgan fingerprint density at radius 2 is 1.90 bits per heavy atom. The molecule has 0 aliphatic rings. The minimum Gasteiger partial charge on any atom is -0.394 e. The van der Waals surface area contributed by atoms with Crippen molar-refractivity contribution in [2.24, 2.45) is 0 Å². The van der Waals surface area contributed by atoms with Crippen LogP contribution in [-0.4, -0.2) is 23.2 Å². The van der Waals surface area contributed by atoms with Gasteiger partial charge in [0.15, 0.2) is 0 Å². The van der Waals surface area contributed by atoms with Crippen LogP contribution in [0.2, 0.25) is 0 Å². The van der Waals surface area contributed by atoms with Crippen LogP contribution in [0.3, 0.4) is 0 Å². The number of carbonyl (C=O) groups is 1. The third-order valence-electron chi connectivity index (χ3n) is 3.66. The van der Waals surface area contributed by atoms with Crippen LogP contribution in [0.5, 0.6) is 0 Å². The number of rotatable bonds is 4. The summed E-state index contributed by atoms with van der Waals surface area (Å²) in [7, 11) is 0. The first-order valence-electron chi connectivity index (χ1n) is 6.61. The van der Waals surface area contributed by atoms with Crippen molar-refractivity contribution >= 4 is 16.7 Å². The highest BCUT2D eigenvalue weighted by Gasteiger charge is 2.24.